The second-order valence-electron chi connectivity index (χ2n) is 4.62. The van der Waals surface area contributed by atoms with Gasteiger partial charge < -0.3 is 15.2 Å². The van der Waals surface area contributed by atoms with E-state index >= 15 is 0 Å². The first-order valence-corrected chi connectivity index (χ1v) is 6.63. The Balaban J connectivity index is 2.01. The summed E-state index contributed by atoms with van der Waals surface area (Å²) in [5.74, 6) is 0.654. The molecule has 0 atom stereocenters. The van der Waals surface area contributed by atoms with E-state index in [2.05, 4.69) is 15.8 Å². The molecule has 1 heterocycles. The topological polar surface area (TPSA) is 67.2 Å². The average Bonchev–Trinajstić information content (AvgIpc) is 2.88. The zero-order valence-electron chi connectivity index (χ0n) is 11.8. The van der Waals surface area contributed by atoms with E-state index in [0.29, 0.717) is 12.1 Å². The summed E-state index contributed by atoms with van der Waals surface area (Å²) in [6.07, 6.45) is 0.823. The molecule has 20 heavy (non-hydrogen) atoms. The fraction of sp³-hybridized carbons (Fsp3) is 0.333. The van der Waals surface area contributed by atoms with Crippen LogP contribution < -0.4 is 10.6 Å². The van der Waals surface area contributed by atoms with Crippen LogP contribution in [0.5, 0.6) is 0 Å². The minimum Gasteiger partial charge on any atom is -0.361 e. The van der Waals surface area contributed by atoms with Crippen LogP contribution >= 0.6 is 0 Å². The Morgan fingerprint density at radius 2 is 2.15 bits per heavy atom. The molecule has 0 radical (unpaired) electrons. The number of aryl methyl sites for hydroxylation is 1. The third-order valence-electron chi connectivity index (χ3n) is 3.01. The molecule has 0 bridgehead atoms. The van der Waals surface area contributed by atoms with Gasteiger partial charge in [-0.05, 0) is 38.6 Å². The van der Waals surface area contributed by atoms with E-state index in [0.717, 1.165) is 30.0 Å². The highest BCUT2D eigenvalue weighted by Gasteiger charge is 2.11. The van der Waals surface area contributed by atoms with Crippen molar-refractivity contribution in [1.29, 1.82) is 0 Å². The van der Waals surface area contributed by atoms with Crippen LogP contribution in [0.3, 0.4) is 0 Å². The van der Waals surface area contributed by atoms with Crippen LogP contribution in [0.1, 0.15) is 27.4 Å². The molecule has 1 aromatic carbocycles. The fourth-order valence-electron chi connectivity index (χ4n) is 1.99. The van der Waals surface area contributed by atoms with Crippen molar-refractivity contribution >= 4 is 5.91 Å². The number of aromatic nitrogens is 1. The Bertz CT molecular complexity index is 578. The van der Waals surface area contributed by atoms with Gasteiger partial charge in [-0.1, -0.05) is 23.4 Å². The summed E-state index contributed by atoms with van der Waals surface area (Å²) < 4.78 is 4.97. The number of hydrogen-bond donors (Lipinski definition) is 2. The van der Waals surface area contributed by atoms with E-state index in [1.165, 1.54) is 0 Å². The Morgan fingerprint density at radius 3 is 2.85 bits per heavy atom. The van der Waals surface area contributed by atoms with Gasteiger partial charge in [0.05, 0.1) is 6.54 Å². The van der Waals surface area contributed by atoms with E-state index in [4.69, 9.17) is 4.52 Å². The molecule has 0 unspecified atom stereocenters. The predicted octanol–water partition coefficient (Wildman–Crippen LogP) is 1.67. The second-order valence-corrected chi connectivity index (χ2v) is 4.62. The third kappa shape index (κ3) is 3.68. The smallest absolute Gasteiger partial charge is 0.251 e. The van der Waals surface area contributed by atoms with Crippen LogP contribution in [-0.2, 0) is 13.0 Å². The van der Waals surface area contributed by atoms with Gasteiger partial charge in [0.1, 0.15) is 11.5 Å². The van der Waals surface area contributed by atoms with E-state index < -0.39 is 0 Å². The van der Waals surface area contributed by atoms with E-state index in [-0.39, 0.29) is 5.91 Å². The largest absolute Gasteiger partial charge is 0.361 e. The molecule has 0 fully saturated rings. The van der Waals surface area contributed by atoms with Crippen molar-refractivity contribution in [3.63, 3.8) is 0 Å². The molecule has 5 nitrogen and oxygen atoms in total. The van der Waals surface area contributed by atoms with E-state index in [1.807, 2.05) is 44.3 Å². The quantitative estimate of drug-likeness (QED) is 0.840. The van der Waals surface area contributed by atoms with Gasteiger partial charge in [0, 0.05) is 11.6 Å². The third-order valence-corrected chi connectivity index (χ3v) is 3.01. The van der Waals surface area contributed by atoms with Gasteiger partial charge in [-0.3, -0.25) is 4.79 Å². The maximum atomic E-state index is 12.2. The van der Waals surface area contributed by atoms with Crippen LogP contribution in [0.25, 0.3) is 0 Å². The Kier molecular flexibility index (Phi) is 4.90. The molecule has 1 amide bonds. The van der Waals surface area contributed by atoms with Crippen molar-refractivity contribution in [3.05, 3.63) is 52.9 Å². The number of hydrogen-bond acceptors (Lipinski definition) is 4. The molecule has 0 saturated heterocycles. The number of nitrogens with one attached hydrogen (secondary N) is 2. The van der Waals surface area contributed by atoms with Gasteiger partial charge in [-0.25, -0.2) is 0 Å². The number of rotatable bonds is 6. The van der Waals surface area contributed by atoms with Gasteiger partial charge in [-0.2, -0.15) is 0 Å². The van der Waals surface area contributed by atoms with Crippen molar-refractivity contribution in [2.45, 2.75) is 19.9 Å². The molecular formula is C15H19N3O2. The molecule has 5 heteroatoms. The summed E-state index contributed by atoms with van der Waals surface area (Å²) in [7, 11) is 1.90. The molecule has 106 valence electrons. The number of benzene rings is 1. The standard InChI is InChI=1S/C15H19N3O2/c1-11-9-13(18-20-11)10-17-15(19)14-6-4-3-5-12(14)7-8-16-2/h3-6,9,16H,7-8,10H2,1-2H3,(H,17,19). The first-order chi connectivity index (χ1) is 9.70. The SMILES string of the molecule is CNCCc1ccccc1C(=O)NCc1cc(C)on1. The monoisotopic (exact) mass is 273 g/mol. The number of carbonyl (C=O) groups excluding carboxylic acids is 1. The van der Waals surface area contributed by atoms with Gasteiger partial charge in [0.25, 0.3) is 5.91 Å². The maximum Gasteiger partial charge on any atom is 0.251 e. The zero-order valence-corrected chi connectivity index (χ0v) is 11.8. The Labute approximate surface area is 118 Å². The summed E-state index contributed by atoms with van der Waals surface area (Å²) in [5.41, 5.74) is 2.47. The molecule has 2 N–H and O–H groups in total. The van der Waals surface area contributed by atoms with Gasteiger partial charge in [0.2, 0.25) is 0 Å². The molecule has 2 aromatic rings. The molecular weight excluding hydrogens is 254 g/mol. The highest BCUT2D eigenvalue weighted by atomic mass is 16.5. The Hall–Kier alpha value is -2.14. The van der Waals surface area contributed by atoms with Crippen LogP contribution in [-0.4, -0.2) is 24.7 Å². The lowest BCUT2D eigenvalue weighted by atomic mass is 10.0. The number of nitrogens with zero attached hydrogens (tertiary/aromatic N) is 1. The molecule has 1 aromatic heterocycles. The second kappa shape index (κ2) is 6.86. The highest BCUT2D eigenvalue weighted by Crippen LogP contribution is 2.10. The summed E-state index contributed by atoms with van der Waals surface area (Å²) in [5, 5.41) is 9.81. The van der Waals surface area contributed by atoms with Crippen molar-refractivity contribution in [3.8, 4) is 0 Å². The molecule has 0 aliphatic rings. The van der Waals surface area contributed by atoms with Gasteiger partial charge >= 0.3 is 0 Å². The minimum absolute atomic E-state index is 0.0858. The zero-order chi connectivity index (χ0) is 14.4. The predicted molar refractivity (Wildman–Crippen MR) is 76.5 cm³/mol. The van der Waals surface area contributed by atoms with E-state index in [1.54, 1.807) is 0 Å². The minimum atomic E-state index is -0.0858. The molecule has 0 aliphatic carbocycles. The normalized spacial score (nSPS) is 10.5. The first-order valence-electron chi connectivity index (χ1n) is 6.63. The molecule has 0 aliphatic heterocycles. The fourth-order valence-corrected chi connectivity index (χ4v) is 1.99. The van der Waals surface area contributed by atoms with Crippen molar-refractivity contribution < 1.29 is 9.32 Å². The summed E-state index contributed by atoms with van der Waals surface area (Å²) in [6.45, 7) is 3.04. The Morgan fingerprint density at radius 1 is 1.35 bits per heavy atom. The molecule has 0 saturated carbocycles. The molecule has 0 spiro atoms. The molecule has 2 rings (SSSR count). The lowest BCUT2D eigenvalue weighted by molar-refractivity contribution is 0.0949. The van der Waals surface area contributed by atoms with Crippen LogP contribution in [0.4, 0.5) is 0 Å². The summed E-state index contributed by atoms with van der Waals surface area (Å²) in [4.78, 5) is 12.2. The van der Waals surface area contributed by atoms with Crippen LogP contribution in [0, 0.1) is 6.92 Å². The van der Waals surface area contributed by atoms with Crippen molar-refractivity contribution in [2.75, 3.05) is 13.6 Å². The van der Waals surface area contributed by atoms with Crippen LogP contribution in [0.2, 0.25) is 0 Å². The van der Waals surface area contributed by atoms with Gasteiger partial charge in [-0.15, -0.1) is 0 Å². The van der Waals surface area contributed by atoms with Crippen molar-refractivity contribution in [2.24, 2.45) is 0 Å². The van der Waals surface area contributed by atoms with E-state index in [9.17, 15) is 4.79 Å². The first kappa shape index (κ1) is 14.3. The van der Waals surface area contributed by atoms with Crippen LogP contribution in [0.15, 0.2) is 34.9 Å². The average molecular weight is 273 g/mol. The number of likely N-dealkylation sites (N-methyl/N-ethyl adjacent to an activating group) is 1. The lowest BCUT2D eigenvalue weighted by Gasteiger charge is -2.09. The lowest BCUT2D eigenvalue weighted by Crippen LogP contribution is -2.24. The van der Waals surface area contributed by atoms with Gasteiger partial charge in [0.15, 0.2) is 0 Å². The number of carbonyl (C=O) groups is 1. The summed E-state index contributed by atoms with van der Waals surface area (Å²) in [6, 6.07) is 9.45. The van der Waals surface area contributed by atoms with Crippen molar-refractivity contribution in [1.82, 2.24) is 15.8 Å². The number of amides is 1. The summed E-state index contributed by atoms with van der Waals surface area (Å²) >= 11 is 0. The highest BCUT2D eigenvalue weighted by molar-refractivity contribution is 5.95. The maximum absolute atomic E-state index is 12.2.